The Bertz CT molecular complexity index is 144. The average molecular weight is 167 g/mol. The van der Waals surface area contributed by atoms with Crippen molar-refractivity contribution in [2.24, 2.45) is 0 Å². The van der Waals surface area contributed by atoms with E-state index in [1.165, 1.54) is 5.56 Å². The average Bonchev–Trinajstić information content (AvgIpc) is 1.77. The van der Waals surface area contributed by atoms with Gasteiger partial charge >= 0.3 is 0 Å². The van der Waals surface area contributed by atoms with E-state index in [2.05, 4.69) is 11.1 Å². The van der Waals surface area contributed by atoms with Gasteiger partial charge < -0.3 is 29.7 Å². The van der Waals surface area contributed by atoms with Crippen LogP contribution in [0.2, 0.25) is 0 Å². The summed E-state index contributed by atoms with van der Waals surface area (Å²) in [6, 6.07) is 4.07. The summed E-state index contributed by atoms with van der Waals surface area (Å²) in [5.41, 5.74) is 2.30. The lowest BCUT2D eigenvalue weighted by molar-refractivity contribution is 1.17. The molecule has 74 valence electrons. The maximum atomic E-state index is 4.08. The van der Waals surface area contributed by atoms with Crippen molar-refractivity contribution in [1.82, 2.24) is 4.98 Å². The van der Waals surface area contributed by atoms with Gasteiger partial charge in [0.05, 0.1) is 0 Å². The van der Waals surface area contributed by atoms with Crippen LogP contribution in [-0.2, 0) is 0 Å². The first kappa shape index (κ1) is 22.5. The van der Waals surface area contributed by atoms with Crippen molar-refractivity contribution in [3.63, 3.8) is 0 Å². The molecule has 1 rings (SSSR count). The van der Waals surface area contributed by atoms with Crippen LogP contribution in [-0.4, -0.2) is 4.98 Å². The third-order valence-electron chi connectivity index (χ3n) is 1.06. The topological polar surface area (TPSA) is 12.9 Å². The molecule has 12 heavy (non-hydrogen) atoms. The highest BCUT2D eigenvalue weighted by molar-refractivity contribution is 5.10. The third-order valence-corrected chi connectivity index (χ3v) is 1.06. The van der Waals surface area contributed by atoms with E-state index in [-0.39, 0.29) is 29.7 Å². The predicted octanol–water partition coefficient (Wildman–Crippen LogP) is 3.50. The summed E-state index contributed by atoms with van der Waals surface area (Å²) in [7, 11) is 0. The number of aryl methyl sites for hydroxylation is 2. The van der Waals surface area contributed by atoms with Gasteiger partial charge in [-0.3, -0.25) is 4.98 Å². The molecule has 1 nitrogen and oxygen atoms in total. The molecule has 1 heterocycles. The van der Waals surface area contributed by atoms with Gasteiger partial charge in [0.25, 0.3) is 0 Å². The second kappa shape index (κ2) is 10.2. The normalized spacial score (nSPS) is 6.17. The van der Waals surface area contributed by atoms with E-state index in [4.69, 9.17) is 0 Å². The zero-order valence-electron chi connectivity index (χ0n) is 9.18. The maximum Gasteiger partial charge on any atom is 0.0372 e. The number of aromatic nitrogens is 1. The molecule has 0 amide bonds. The van der Waals surface area contributed by atoms with Gasteiger partial charge in [-0.1, -0.05) is 6.07 Å². The van der Waals surface area contributed by atoms with Crippen LogP contribution >= 0.6 is 0 Å². The quantitative estimate of drug-likeness (QED) is 0.539. The number of pyridine rings is 1. The zero-order valence-corrected chi connectivity index (χ0v) is 9.18. The van der Waals surface area contributed by atoms with E-state index >= 15 is 0 Å². The molecule has 0 bridgehead atoms. The van der Waals surface area contributed by atoms with Crippen molar-refractivity contribution in [1.29, 1.82) is 0 Å². The molecular weight excluding hydrogens is 146 g/mol. The minimum absolute atomic E-state index is 0. The Kier molecular flexibility index (Phi) is 19.0. The molecule has 0 atom stereocenters. The van der Waals surface area contributed by atoms with E-state index < -0.39 is 0 Å². The van der Waals surface area contributed by atoms with Crippen LogP contribution in [0.3, 0.4) is 0 Å². The van der Waals surface area contributed by atoms with Gasteiger partial charge in [-0.2, -0.15) is 0 Å². The molecule has 1 aromatic heterocycles. The Balaban J connectivity index is -0.0000000800. The Labute approximate surface area is 78.9 Å². The highest BCUT2D eigenvalue weighted by Crippen LogP contribution is 1.94. The van der Waals surface area contributed by atoms with Crippen molar-refractivity contribution < 1.29 is 0 Å². The highest BCUT2D eigenvalue weighted by atomic mass is 14.6. The predicted molar refractivity (Wildman–Crippen MR) is 59.4 cm³/mol. The maximum absolute atomic E-state index is 4.08. The van der Waals surface area contributed by atoms with Crippen molar-refractivity contribution in [3.8, 4) is 0 Å². The Morgan fingerprint density at radius 2 is 1.42 bits per heavy atom. The fourth-order valence-electron chi connectivity index (χ4n) is 0.542. The molecule has 0 aliphatic rings. The zero-order chi connectivity index (χ0) is 5.98. The minimum Gasteiger partial charge on any atom is -0.358 e. The SMILES string of the molecule is Cc1ccc(C)nc1.[CH3-].[CH3-].[CH3-].[CH3-]. The summed E-state index contributed by atoms with van der Waals surface area (Å²) in [5.74, 6) is 0. The Hall–Kier alpha value is -0.850. The first-order valence-electron chi connectivity index (χ1n) is 2.68. The van der Waals surface area contributed by atoms with Crippen molar-refractivity contribution in [2.75, 3.05) is 0 Å². The molecule has 0 N–H and O–H groups in total. The molecule has 0 unspecified atom stereocenters. The van der Waals surface area contributed by atoms with Crippen LogP contribution in [0.5, 0.6) is 0 Å². The van der Waals surface area contributed by atoms with Gasteiger partial charge in [0.1, 0.15) is 0 Å². The molecule has 0 aromatic carbocycles. The summed E-state index contributed by atoms with van der Waals surface area (Å²) >= 11 is 0. The summed E-state index contributed by atoms with van der Waals surface area (Å²) in [4.78, 5) is 4.08. The van der Waals surface area contributed by atoms with Crippen LogP contribution in [0.4, 0.5) is 0 Å². The molecule has 1 heteroatoms. The molecule has 0 fully saturated rings. The van der Waals surface area contributed by atoms with Crippen molar-refractivity contribution in [2.45, 2.75) is 13.8 Å². The van der Waals surface area contributed by atoms with E-state index in [9.17, 15) is 0 Å². The first-order chi connectivity index (χ1) is 3.79. The number of hydrogen-bond donors (Lipinski definition) is 0. The number of nitrogens with zero attached hydrogens (tertiary/aromatic N) is 1. The largest absolute Gasteiger partial charge is 0.358 e. The molecular formula is C11H21N-4. The second-order valence-electron chi connectivity index (χ2n) is 1.98. The van der Waals surface area contributed by atoms with Gasteiger partial charge in [-0.25, -0.2) is 0 Å². The summed E-state index contributed by atoms with van der Waals surface area (Å²) in [6.45, 7) is 4.02. The molecule has 0 radical (unpaired) electrons. The van der Waals surface area contributed by atoms with Gasteiger partial charge in [0.2, 0.25) is 0 Å². The summed E-state index contributed by atoms with van der Waals surface area (Å²) in [5, 5.41) is 0. The summed E-state index contributed by atoms with van der Waals surface area (Å²) in [6.07, 6.45) is 1.87. The van der Waals surface area contributed by atoms with Crippen LogP contribution in [0.1, 0.15) is 11.3 Å². The van der Waals surface area contributed by atoms with Gasteiger partial charge in [-0.15, -0.1) is 0 Å². The van der Waals surface area contributed by atoms with Crippen LogP contribution in [0.25, 0.3) is 0 Å². The van der Waals surface area contributed by atoms with E-state index in [0.29, 0.717) is 0 Å². The smallest absolute Gasteiger partial charge is 0.0372 e. The minimum atomic E-state index is 0. The Morgan fingerprint density at radius 3 is 1.67 bits per heavy atom. The second-order valence-corrected chi connectivity index (χ2v) is 1.98. The lowest BCUT2D eigenvalue weighted by Crippen LogP contribution is -1.78. The molecule has 0 aliphatic heterocycles. The van der Waals surface area contributed by atoms with Gasteiger partial charge in [0.15, 0.2) is 0 Å². The van der Waals surface area contributed by atoms with Crippen LogP contribution < -0.4 is 0 Å². The van der Waals surface area contributed by atoms with Gasteiger partial charge in [-0.05, 0) is 25.5 Å². The lowest BCUT2D eigenvalue weighted by Gasteiger charge is -1.89. The molecule has 0 saturated heterocycles. The molecule has 0 saturated carbocycles. The van der Waals surface area contributed by atoms with Crippen molar-refractivity contribution in [3.05, 3.63) is 59.3 Å². The monoisotopic (exact) mass is 167 g/mol. The van der Waals surface area contributed by atoms with Gasteiger partial charge in [0, 0.05) is 11.9 Å². The van der Waals surface area contributed by atoms with E-state index in [1.54, 1.807) is 0 Å². The fourth-order valence-corrected chi connectivity index (χ4v) is 0.542. The molecule has 0 aliphatic carbocycles. The van der Waals surface area contributed by atoms with Crippen LogP contribution in [0.15, 0.2) is 18.3 Å². The first-order valence-corrected chi connectivity index (χ1v) is 2.68. The number of rotatable bonds is 0. The Morgan fingerprint density at radius 1 is 0.917 bits per heavy atom. The molecule has 1 aromatic rings. The van der Waals surface area contributed by atoms with E-state index in [0.717, 1.165) is 5.69 Å². The summed E-state index contributed by atoms with van der Waals surface area (Å²) < 4.78 is 0. The highest BCUT2D eigenvalue weighted by Gasteiger charge is 1.81. The van der Waals surface area contributed by atoms with Crippen molar-refractivity contribution >= 4 is 0 Å². The molecule has 0 spiro atoms. The lowest BCUT2D eigenvalue weighted by atomic mass is 10.3. The fraction of sp³-hybridized carbons (Fsp3) is 0.182. The number of hydrogen-bond acceptors (Lipinski definition) is 1. The van der Waals surface area contributed by atoms with E-state index in [1.807, 2.05) is 26.1 Å². The third kappa shape index (κ3) is 7.26. The van der Waals surface area contributed by atoms with Crippen LogP contribution in [0, 0.1) is 43.6 Å². The standard InChI is InChI=1S/C7H9N.4CH3/c1-6-3-4-7(2)8-5-6;;;;/h3-5H,1-2H3;4*1H3/q;4*-1.